The van der Waals surface area contributed by atoms with E-state index in [-0.39, 0.29) is 17.2 Å². The standard InChI is InChI=1S/C20H28N4O3/c1-2-17-21-8-5-15(22-17)12-23-9-6-20(7-10-23)11-16(19(26)27)24(13-20)18(25)14-3-4-14/h5,8,14,16H,2-4,6-7,9-13H2,1H3,(H,26,27)/t16-/m0/s1. The molecule has 0 radical (unpaired) electrons. The van der Waals surface area contributed by atoms with Gasteiger partial charge in [0.2, 0.25) is 5.91 Å². The Balaban J connectivity index is 1.38. The van der Waals surface area contributed by atoms with Crippen LogP contribution in [-0.2, 0) is 22.6 Å². The van der Waals surface area contributed by atoms with Crippen molar-refractivity contribution in [1.82, 2.24) is 19.8 Å². The first-order valence-corrected chi connectivity index (χ1v) is 10.1. The minimum Gasteiger partial charge on any atom is -0.480 e. The van der Waals surface area contributed by atoms with E-state index in [4.69, 9.17) is 0 Å². The predicted molar refractivity (Wildman–Crippen MR) is 98.8 cm³/mol. The summed E-state index contributed by atoms with van der Waals surface area (Å²) in [6.07, 6.45) is 6.97. The molecule has 1 spiro atoms. The summed E-state index contributed by atoms with van der Waals surface area (Å²) in [6, 6.07) is 1.33. The van der Waals surface area contributed by atoms with E-state index in [9.17, 15) is 14.7 Å². The van der Waals surface area contributed by atoms with Gasteiger partial charge in [-0.25, -0.2) is 14.8 Å². The summed E-state index contributed by atoms with van der Waals surface area (Å²) in [5, 5.41) is 9.63. The molecule has 1 aliphatic carbocycles. The average molecular weight is 372 g/mol. The molecule has 3 aliphatic rings. The van der Waals surface area contributed by atoms with E-state index in [1.165, 1.54) is 0 Å². The zero-order chi connectivity index (χ0) is 19.0. The Morgan fingerprint density at radius 3 is 2.67 bits per heavy atom. The number of hydrogen-bond donors (Lipinski definition) is 1. The molecule has 0 bridgehead atoms. The van der Waals surface area contributed by atoms with Gasteiger partial charge in [-0.05, 0) is 56.7 Å². The molecule has 4 rings (SSSR count). The second-order valence-corrected chi connectivity index (χ2v) is 8.39. The molecule has 2 saturated heterocycles. The number of nitrogens with zero attached hydrogens (tertiary/aromatic N) is 4. The second kappa shape index (κ2) is 7.19. The maximum absolute atomic E-state index is 12.6. The number of aromatic nitrogens is 2. The van der Waals surface area contributed by atoms with E-state index in [1.807, 2.05) is 12.3 Å². The Labute approximate surface area is 159 Å². The third-order valence-electron chi connectivity index (χ3n) is 6.38. The molecule has 7 nitrogen and oxygen atoms in total. The van der Waals surface area contributed by atoms with Crippen LogP contribution in [0, 0.1) is 11.3 Å². The number of amides is 1. The van der Waals surface area contributed by atoms with Crippen molar-refractivity contribution < 1.29 is 14.7 Å². The third-order valence-corrected chi connectivity index (χ3v) is 6.38. The molecule has 7 heteroatoms. The molecule has 2 aliphatic heterocycles. The molecule has 146 valence electrons. The average Bonchev–Trinajstić information content (AvgIpc) is 3.45. The van der Waals surface area contributed by atoms with E-state index in [1.54, 1.807) is 4.90 Å². The number of carbonyl (C=O) groups is 2. The lowest BCUT2D eigenvalue weighted by Crippen LogP contribution is -2.43. The number of carboxylic acid groups (broad SMARTS) is 1. The highest BCUT2D eigenvalue weighted by Gasteiger charge is 2.51. The van der Waals surface area contributed by atoms with Gasteiger partial charge in [0.1, 0.15) is 11.9 Å². The second-order valence-electron chi connectivity index (χ2n) is 8.39. The van der Waals surface area contributed by atoms with E-state index in [0.717, 1.165) is 63.3 Å². The Bertz CT molecular complexity index is 726. The Morgan fingerprint density at radius 1 is 1.30 bits per heavy atom. The first-order chi connectivity index (χ1) is 13.0. The lowest BCUT2D eigenvalue weighted by Gasteiger charge is -2.39. The van der Waals surface area contributed by atoms with Crippen LogP contribution in [0.1, 0.15) is 50.5 Å². The lowest BCUT2D eigenvalue weighted by atomic mass is 9.76. The molecule has 1 aromatic rings. The summed E-state index contributed by atoms with van der Waals surface area (Å²) >= 11 is 0. The number of likely N-dealkylation sites (tertiary alicyclic amines) is 2. The Hall–Kier alpha value is -2.02. The maximum Gasteiger partial charge on any atom is 0.326 e. The quantitative estimate of drug-likeness (QED) is 0.847. The molecule has 1 amide bonds. The van der Waals surface area contributed by atoms with Gasteiger partial charge in [-0.1, -0.05) is 6.92 Å². The van der Waals surface area contributed by atoms with Crippen LogP contribution < -0.4 is 0 Å². The van der Waals surface area contributed by atoms with E-state index in [2.05, 4.69) is 21.8 Å². The molecule has 27 heavy (non-hydrogen) atoms. The fourth-order valence-electron chi connectivity index (χ4n) is 4.55. The SMILES string of the molecule is CCc1nccc(CN2CCC3(CC2)C[C@@H](C(=O)O)N(C(=O)C2CC2)C3)n1. The van der Waals surface area contributed by atoms with Crippen LogP contribution in [-0.4, -0.2) is 62.4 Å². The van der Waals surface area contributed by atoms with Crippen molar-refractivity contribution in [3.8, 4) is 0 Å². The highest BCUT2D eigenvalue weighted by molar-refractivity contribution is 5.87. The molecule has 1 saturated carbocycles. The van der Waals surface area contributed by atoms with Crippen molar-refractivity contribution in [1.29, 1.82) is 0 Å². The summed E-state index contributed by atoms with van der Waals surface area (Å²) in [5.74, 6) is 0.161. The van der Waals surface area contributed by atoms with Crippen LogP contribution in [0.4, 0.5) is 0 Å². The van der Waals surface area contributed by atoms with Gasteiger partial charge in [0.05, 0.1) is 5.69 Å². The summed E-state index contributed by atoms with van der Waals surface area (Å²) in [4.78, 5) is 37.2. The van der Waals surface area contributed by atoms with Crippen LogP contribution >= 0.6 is 0 Å². The molecule has 0 unspecified atom stereocenters. The van der Waals surface area contributed by atoms with Gasteiger partial charge in [-0.3, -0.25) is 9.69 Å². The van der Waals surface area contributed by atoms with Gasteiger partial charge in [-0.15, -0.1) is 0 Å². The number of carboxylic acids is 1. The Morgan fingerprint density at radius 2 is 2.04 bits per heavy atom. The third kappa shape index (κ3) is 3.83. The van der Waals surface area contributed by atoms with Crippen LogP contribution in [0.15, 0.2) is 12.3 Å². The number of carbonyl (C=O) groups excluding carboxylic acids is 1. The molecule has 1 aromatic heterocycles. The summed E-state index contributed by atoms with van der Waals surface area (Å²) < 4.78 is 0. The number of hydrogen-bond acceptors (Lipinski definition) is 5. The zero-order valence-electron chi connectivity index (χ0n) is 15.9. The fourth-order valence-corrected chi connectivity index (χ4v) is 4.55. The van der Waals surface area contributed by atoms with Crippen LogP contribution in [0.3, 0.4) is 0 Å². The molecule has 1 atom stereocenters. The van der Waals surface area contributed by atoms with Gasteiger partial charge in [0.15, 0.2) is 0 Å². The number of piperidine rings is 1. The van der Waals surface area contributed by atoms with Gasteiger partial charge in [0.25, 0.3) is 0 Å². The topological polar surface area (TPSA) is 86.6 Å². The molecular formula is C20H28N4O3. The predicted octanol–water partition coefficient (Wildman–Crippen LogP) is 1.72. The monoisotopic (exact) mass is 372 g/mol. The first kappa shape index (κ1) is 18.3. The number of rotatable bonds is 5. The summed E-state index contributed by atoms with van der Waals surface area (Å²) in [6.45, 7) is 5.31. The largest absolute Gasteiger partial charge is 0.480 e. The number of aliphatic carboxylic acids is 1. The molecule has 0 aromatic carbocycles. The van der Waals surface area contributed by atoms with Crippen molar-refractivity contribution in [3.05, 3.63) is 23.8 Å². The van der Waals surface area contributed by atoms with Crippen molar-refractivity contribution in [3.63, 3.8) is 0 Å². The Kier molecular flexibility index (Phi) is 4.88. The van der Waals surface area contributed by atoms with Gasteiger partial charge >= 0.3 is 5.97 Å². The highest BCUT2D eigenvalue weighted by Crippen LogP contribution is 2.45. The first-order valence-electron chi connectivity index (χ1n) is 10.1. The number of aryl methyl sites for hydroxylation is 1. The molecule has 1 N–H and O–H groups in total. The van der Waals surface area contributed by atoms with E-state index in [0.29, 0.717) is 13.0 Å². The van der Waals surface area contributed by atoms with Crippen LogP contribution in [0.5, 0.6) is 0 Å². The van der Waals surface area contributed by atoms with E-state index >= 15 is 0 Å². The van der Waals surface area contributed by atoms with Gasteiger partial charge in [-0.2, -0.15) is 0 Å². The van der Waals surface area contributed by atoms with Crippen molar-refractivity contribution in [2.24, 2.45) is 11.3 Å². The van der Waals surface area contributed by atoms with Crippen molar-refractivity contribution >= 4 is 11.9 Å². The maximum atomic E-state index is 12.6. The fraction of sp³-hybridized carbons (Fsp3) is 0.700. The molecule has 3 heterocycles. The van der Waals surface area contributed by atoms with E-state index < -0.39 is 12.0 Å². The smallest absolute Gasteiger partial charge is 0.326 e. The van der Waals surface area contributed by atoms with Crippen LogP contribution in [0.2, 0.25) is 0 Å². The minimum atomic E-state index is -0.851. The molecule has 3 fully saturated rings. The lowest BCUT2D eigenvalue weighted by molar-refractivity contribution is -0.148. The van der Waals surface area contributed by atoms with Crippen LogP contribution in [0.25, 0.3) is 0 Å². The van der Waals surface area contributed by atoms with Crippen molar-refractivity contribution in [2.45, 2.75) is 58.0 Å². The summed E-state index contributed by atoms with van der Waals surface area (Å²) in [5.41, 5.74) is 1.00. The van der Waals surface area contributed by atoms with Gasteiger partial charge in [0, 0.05) is 31.6 Å². The summed E-state index contributed by atoms with van der Waals surface area (Å²) in [7, 11) is 0. The normalized spacial score (nSPS) is 25.1. The highest BCUT2D eigenvalue weighted by atomic mass is 16.4. The molecular weight excluding hydrogens is 344 g/mol. The van der Waals surface area contributed by atoms with Crippen molar-refractivity contribution in [2.75, 3.05) is 19.6 Å². The minimum absolute atomic E-state index is 0.0373. The zero-order valence-corrected chi connectivity index (χ0v) is 15.9. The van der Waals surface area contributed by atoms with Gasteiger partial charge < -0.3 is 10.0 Å².